The Bertz CT molecular complexity index is 588. The number of halogens is 2. The Balaban J connectivity index is 0.00000196. The van der Waals surface area contributed by atoms with Crippen LogP contribution in [0.25, 0.3) is 0 Å². The summed E-state index contributed by atoms with van der Waals surface area (Å²) < 4.78 is 5.81. The Morgan fingerprint density at radius 2 is 1.82 bits per heavy atom. The van der Waals surface area contributed by atoms with Gasteiger partial charge in [0, 0.05) is 19.0 Å². The lowest BCUT2D eigenvalue weighted by Crippen LogP contribution is -2.33. The lowest BCUT2D eigenvalue weighted by molar-refractivity contribution is -0.123. The number of nitrogens with zero attached hydrogens (tertiary/aromatic N) is 1. The number of ether oxygens (including phenoxy) is 1. The van der Waals surface area contributed by atoms with Crippen molar-refractivity contribution in [3.05, 3.63) is 29.8 Å². The first-order chi connectivity index (χ1) is 12.7. The first-order valence-electron chi connectivity index (χ1n) is 10.1. The van der Waals surface area contributed by atoms with E-state index in [1.165, 1.54) is 0 Å². The molecule has 1 aliphatic heterocycles. The van der Waals surface area contributed by atoms with E-state index in [1.807, 2.05) is 24.3 Å². The first kappa shape index (κ1) is 25.0. The van der Waals surface area contributed by atoms with E-state index in [4.69, 9.17) is 4.74 Å². The molecule has 1 saturated heterocycles. The van der Waals surface area contributed by atoms with Crippen LogP contribution in [-0.4, -0.2) is 50.1 Å². The van der Waals surface area contributed by atoms with Gasteiger partial charge in [-0.3, -0.25) is 4.79 Å². The van der Waals surface area contributed by atoms with Gasteiger partial charge in [0.15, 0.2) is 0 Å². The van der Waals surface area contributed by atoms with E-state index < -0.39 is 0 Å². The number of amides is 1. The highest BCUT2D eigenvalue weighted by molar-refractivity contribution is 5.85. The maximum Gasteiger partial charge on any atom is 0.223 e. The predicted molar refractivity (Wildman–Crippen MR) is 119 cm³/mol. The highest BCUT2D eigenvalue weighted by Gasteiger charge is 2.57. The minimum Gasteiger partial charge on any atom is -0.492 e. The largest absolute Gasteiger partial charge is 0.492 e. The van der Waals surface area contributed by atoms with Crippen LogP contribution in [0.5, 0.6) is 5.75 Å². The van der Waals surface area contributed by atoms with E-state index in [9.17, 15) is 4.79 Å². The second-order valence-corrected chi connectivity index (χ2v) is 7.61. The third-order valence-corrected chi connectivity index (χ3v) is 6.07. The Morgan fingerprint density at radius 1 is 1.18 bits per heavy atom. The fourth-order valence-corrected chi connectivity index (χ4v) is 4.04. The first-order valence-corrected chi connectivity index (χ1v) is 10.1. The molecule has 0 radical (unpaired) electrons. The summed E-state index contributed by atoms with van der Waals surface area (Å²) in [7, 11) is 0. The summed E-state index contributed by atoms with van der Waals surface area (Å²) in [6.45, 7) is 10.8. The summed E-state index contributed by atoms with van der Waals surface area (Å²) in [6, 6.07) is 8.07. The van der Waals surface area contributed by atoms with Crippen LogP contribution in [0.1, 0.15) is 38.7 Å². The van der Waals surface area contributed by atoms with Crippen LogP contribution >= 0.6 is 24.8 Å². The van der Waals surface area contributed by atoms with Gasteiger partial charge in [0.25, 0.3) is 0 Å². The van der Waals surface area contributed by atoms with Crippen LogP contribution in [0.15, 0.2) is 24.3 Å². The molecule has 1 heterocycles. The number of rotatable bonds is 9. The van der Waals surface area contributed by atoms with Crippen molar-refractivity contribution in [3.8, 4) is 5.75 Å². The number of likely N-dealkylation sites (N-methyl/N-ethyl adjacent to an activating group) is 1. The van der Waals surface area contributed by atoms with E-state index in [0.29, 0.717) is 18.6 Å². The molecule has 28 heavy (non-hydrogen) atoms. The van der Waals surface area contributed by atoms with Gasteiger partial charge in [0.2, 0.25) is 5.91 Å². The molecule has 1 saturated carbocycles. The van der Waals surface area contributed by atoms with Crippen LogP contribution in [0, 0.1) is 11.3 Å². The average Bonchev–Trinajstić information content (AvgIpc) is 3.37. The summed E-state index contributed by atoms with van der Waals surface area (Å²) >= 11 is 0. The standard InChI is InChI=1S/C21H33N3O2.2ClH/c1-3-24(4-2)13-14-26-18-7-5-17(6-8-18)16-23-20(25)19-15-21(19)9-11-22-12-10-21;;/h5-8,19,22H,3-4,9-16H2,1-2H3,(H,23,25);2*1H. The summed E-state index contributed by atoms with van der Waals surface area (Å²) in [5.74, 6) is 1.35. The molecule has 5 nitrogen and oxygen atoms in total. The molecule has 1 aliphatic carbocycles. The molecule has 0 bridgehead atoms. The molecule has 0 aromatic heterocycles. The quantitative estimate of drug-likeness (QED) is 0.629. The van der Waals surface area contributed by atoms with Gasteiger partial charge in [-0.25, -0.2) is 0 Å². The van der Waals surface area contributed by atoms with Gasteiger partial charge in [-0.2, -0.15) is 0 Å². The Morgan fingerprint density at radius 3 is 2.43 bits per heavy atom. The van der Waals surface area contributed by atoms with Crippen molar-refractivity contribution in [2.45, 2.75) is 39.7 Å². The summed E-state index contributed by atoms with van der Waals surface area (Å²) in [5.41, 5.74) is 1.42. The predicted octanol–water partition coefficient (Wildman–Crippen LogP) is 3.26. The van der Waals surface area contributed by atoms with Gasteiger partial charge in [-0.15, -0.1) is 24.8 Å². The lowest BCUT2D eigenvalue weighted by Gasteiger charge is -2.23. The van der Waals surface area contributed by atoms with Crippen molar-refractivity contribution in [2.24, 2.45) is 11.3 Å². The number of hydrogen-bond donors (Lipinski definition) is 2. The van der Waals surface area contributed by atoms with Crippen molar-refractivity contribution >= 4 is 30.7 Å². The SMILES string of the molecule is CCN(CC)CCOc1ccc(CNC(=O)C2CC23CCNCC3)cc1.Cl.Cl. The molecule has 1 aromatic carbocycles. The van der Waals surface area contributed by atoms with E-state index in [0.717, 1.165) is 63.3 Å². The fraction of sp³-hybridized carbons (Fsp3) is 0.667. The lowest BCUT2D eigenvalue weighted by atomic mass is 9.92. The summed E-state index contributed by atoms with van der Waals surface area (Å²) in [6.07, 6.45) is 3.36. The normalized spacial score (nSPS) is 19.5. The van der Waals surface area contributed by atoms with Crippen molar-refractivity contribution in [1.29, 1.82) is 0 Å². The summed E-state index contributed by atoms with van der Waals surface area (Å²) in [4.78, 5) is 14.8. The van der Waals surface area contributed by atoms with Gasteiger partial charge in [-0.05, 0) is 68.6 Å². The number of carbonyl (C=O) groups is 1. The molecule has 1 atom stereocenters. The molecule has 2 fully saturated rings. The highest BCUT2D eigenvalue weighted by atomic mass is 35.5. The summed E-state index contributed by atoms with van der Waals surface area (Å²) in [5, 5.41) is 6.50. The zero-order valence-corrected chi connectivity index (χ0v) is 18.7. The van der Waals surface area contributed by atoms with Gasteiger partial charge >= 0.3 is 0 Å². The van der Waals surface area contributed by atoms with Crippen molar-refractivity contribution in [2.75, 3.05) is 39.3 Å². The monoisotopic (exact) mass is 431 g/mol. The van der Waals surface area contributed by atoms with Crippen LogP contribution in [0.3, 0.4) is 0 Å². The topological polar surface area (TPSA) is 53.6 Å². The van der Waals surface area contributed by atoms with Crippen molar-refractivity contribution in [1.82, 2.24) is 15.5 Å². The number of carbonyl (C=O) groups excluding carboxylic acids is 1. The van der Waals surface area contributed by atoms with Gasteiger partial charge < -0.3 is 20.3 Å². The molecule has 3 rings (SSSR count). The van der Waals surface area contributed by atoms with Crippen molar-refractivity contribution in [3.63, 3.8) is 0 Å². The van der Waals surface area contributed by atoms with Gasteiger partial charge in [0.05, 0.1) is 0 Å². The third kappa shape index (κ3) is 6.51. The number of nitrogens with one attached hydrogen (secondary N) is 2. The Hall–Kier alpha value is -1.01. The third-order valence-electron chi connectivity index (χ3n) is 6.07. The molecule has 1 aromatic rings. The maximum absolute atomic E-state index is 12.4. The second kappa shape index (κ2) is 11.9. The average molecular weight is 432 g/mol. The van der Waals surface area contributed by atoms with Crippen LogP contribution in [-0.2, 0) is 11.3 Å². The fourth-order valence-electron chi connectivity index (χ4n) is 4.04. The minimum atomic E-state index is 0. The van der Waals surface area contributed by atoms with Gasteiger partial charge in [0.1, 0.15) is 12.4 Å². The zero-order chi connectivity index (χ0) is 18.4. The second-order valence-electron chi connectivity index (χ2n) is 7.61. The minimum absolute atomic E-state index is 0. The zero-order valence-electron chi connectivity index (χ0n) is 17.0. The Labute approximate surface area is 181 Å². The number of piperidine rings is 1. The molecule has 1 unspecified atom stereocenters. The number of benzene rings is 1. The van der Waals surface area contributed by atoms with E-state index >= 15 is 0 Å². The van der Waals surface area contributed by atoms with Crippen LogP contribution in [0.2, 0.25) is 0 Å². The molecule has 7 heteroatoms. The van der Waals surface area contributed by atoms with E-state index in [-0.39, 0.29) is 36.6 Å². The van der Waals surface area contributed by atoms with Gasteiger partial charge in [-0.1, -0.05) is 26.0 Å². The molecule has 2 aliphatic rings. The van der Waals surface area contributed by atoms with Crippen LogP contribution in [0.4, 0.5) is 0 Å². The van der Waals surface area contributed by atoms with Crippen molar-refractivity contribution < 1.29 is 9.53 Å². The molecule has 1 spiro atoms. The molecular formula is C21H35Cl2N3O2. The molecule has 1 amide bonds. The van der Waals surface area contributed by atoms with E-state index in [2.05, 4.69) is 29.4 Å². The van der Waals surface area contributed by atoms with Crippen LogP contribution < -0.4 is 15.4 Å². The number of hydrogen-bond acceptors (Lipinski definition) is 4. The van der Waals surface area contributed by atoms with E-state index in [1.54, 1.807) is 0 Å². The highest BCUT2D eigenvalue weighted by Crippen LogP contribution is 2.58. The molecular weight excluding hydrogens is 397 g/mol. The molecule has 160 valence electrons. The maximum atomic E-state index is 12.4. The molecule has 2 N–H and O–H groups in total. The smallest absolute Gasteiger partial charge is 0.223 e. The Kier molecular flexibility index (Phi) is 10.6.